The summed E-state index contributed by atoms with van der Waals surface area (Å²) in [5, 5.41) is 24.4. The van der Waals surface area contributed by atoms with Crippen molar-refractivity contribution < 1.29 is 86.1 Å². The molecule has 11 saturated heterocycles. The van der Waals surface area contributed by atoms with E-state index in [0.29, 0.717) is 63.5 Å². The highest BCUT2D eigenvalue weighted by Crippen LogP contribution is 2.54. The molecule has 12 rings (SSSR count). The van der Waals surface area contributed by atoms with Gasteiger partial charge in [-0.1, -0.05) is 63.8 Å². The molecule has 0 radical (unpaired) electrons. The molecular weight excluding hydrogens is 1160 g/mol. The Morgan fingerprint density at radius 3 is 2.18 bits per heavy atom. The summed E-state index contributed by atoms with van der Waals surface area (Å²) in [7, 11) is 1.57. The Balaban J connectivity index is 0.673. The Bertz CT molecular complexity index is 2830. The van der Waals surface area contributed by atoms with Gasteiger partial charge in [0.1, 0.15) is 42.3 Å². The number of rotatable bonds is 21. The molecule has 21 atom stereocenters. The minimum Gasteiger partial charge on any atom is -0.391 e. The summed E-state index contributed by atoms with van der Waals surface area (Å²) in [5.41, 5.74) is 2.74. The SMILES string of the molecule is C=C1C[C@@H]2CC[C@@]34C[C@H]5O[C@@H]6C(O[C@H]7CC[C@H](CC(=O)C[C@@H]8[C@@H](OC)[C@@H](C[C@H](O)CNC(=O)CNC(=O)[C@H](Cc9ccccc9)NC(=O)CNC(=O)CNC(=O)CCCCCN9C(=O)CC(C)C9=O)O[C@H]8C[C@H]8O[C@@H](CC[C@@H]1O2)C[C@@H](C)C8=C)O[C@@H]7[C@@H]6O3)[C@H]5O4. The van der Waals surface area contributed by atoms with Crippen molar-refractivity contribution in [2.24, 2.45) is 17.8 Å². The molecule has 1 aromatic carbocycles. The molecule has 24 heteroatoms. The minimum atomic E-state index is -1.15. The van der Waals surface area contributed by atoms with Crippen LogP contribution in [0, 0.1) is 17.8 Å². The molecule has 1 spiro atoms. The van der Waals surface area contributed by atoms with Crippen LogP contribution in [0.3, 0.4) is 0 Å². The van der Waals surface area contributed by atoms with Crippen LogP contribution in [0.1, 0.15) is 135 Å². The van der Waals surface area contributed by atoms with E-state index in [1.165, 1.54) is 4.90 Å². The summed E-state index contributed by atoms with van der Waals surface area (Å²) in [6.07, 6.45) is 3.09. The Labute approximate surface area is 526 Å². The number of nitrogens with zero attached hydrogens (tertiary/aromatic N) is 1. The molecule has 0 aliphatic carbocycles. The van der Waals surface area contributed by atoms with Crippen molar-refractivity contribution in [2.75, 3.05) is 39.8 Å². The van der Waals surface area contributed by atoms with Crippen molar-refractivity contribution in [3.05, 3.63) is 60.2 Å². The van der Waals surface area contributed by atoms with Gasteiger partial charge in [0.2, 0.25) is 41.4 Å². The predicted octanol–water partition coefficient (Wildman–Crippen LogP) is 2.63. The van der Waals surface area contributed by atoms with Gasteiger partial charge < -0.3 is 74.3 Å². The van der Waals surface area contributed by atoms with Crippen LogP contribution in [0.5, 0.6) is 0 Å². The number of ketones is 1. The topological polar surface area (TPSA) is 303 Å². The molecule has 11 heterocycles. The monoisotopic (exact) mass is 1260 g/mol. The lowest BCUT2D eigenvalue weighted by Crippen LogP contribution is -2.61. The van der Waals surface area contributed by atoms with Crippen molar-refractivity contribution in [2.45, 2.75) is 245 Å². The van der Waals surface area contributed by atoms with Gasteiger partial charge in [-0.15, -0.1) is 0 Å². The number of nitrogens with one attached hydrogen (secondary N) is 5. The lowest BCUT2D eigenvalue weighted by atomic mass is 9.81. The van der Waals surface area contributed by atoms with Crippen molar-refractivity contribution in [3.63, 3.8) is 0 Å². The molecule has 90 heavy (non-hydrogen) atoms. The molecule has 11 aliphatic heterocycles. The number of carbonyl (C=O) groups excluding carboxylic acids is 8. The summed E-state index contributed by atoms with van der Waals surface area (Å²) in [4.78, 5) is 105. The third-order valence-corrected chi connectivity index (χ3v) is 20.2. The summed E-state index contributed by atoms with van der Waals surface area (Å²) in [6, 6.07) is 7.77. The number of methoxy groups -OCH3 is 1. The minimum absolute atomic E-state index is 0.0159. The van der Waals surface area contributed by atoms with E-state index in [4.69, 9.17) is 42.6 Å². The second-order valence-electron chi connectivity index (χ2n) is 26.9. The molecule has 2 unspecified atom stereocenters. The fourth-order valence-corrected chi connectivity index (χ4v) is 15.5. The Morgan fingerprint density at radius 2 is 1.39 bits per heavy atom. The highest BCUT2D eigenvalue weighted by atomic mass is 16.8. The van der Waals surface area contributed by atoms with E-state index in [9.17, 15) is 43.5 Å². The van der Waals surface area contributed by atoms with E-state index in [1.807, 2.05) is 0 Å². The maximum Gasteiger partial charge on any atom is 0.243 e. The van der Waals surface area contributed by atoms with Gasteiger partial charge in [0.05, 0.1) is 86.8 Å². The lowest BCUT2D eigenvalue weighted by Gasteiger charge is -2.47. The van der Waals surface area contributed by atoms with E-state index in [-0.39, 0.29) is 142 Å². The molecule has 7 amide bonds. The standard InChI is InChI=1S/C66H92N6O18/c1-35-22-42-15-17-47-36(2)23-44(83-47)19-20-66-30-52-60(89-66)61-62(88-52)63(90-66)59-48(87-61)18-16-43(85-59)26-40(73)27-45-50(29-49(84-42)38(35)4)86-51(58(45)82-5)28-41(74)31-67-55(77)33-70-64(80)46(25-39-12-8-6-9-13-39)71-56(78)34-69-54(76)32-68-53(75)14-10-7-11-21-72-57(79)24-37(3)65(72)81/h6,8-9,12-13,35,37,41-52,58-63,74H,2,4,7,10-11,14-34H2,1,3,5H3,(H,67,77)(H,68,75)(H,69,76)(H,70,80)(H,71,78)/t35-,37?,41+,42+,43-,44+,45+,46+,47+,48+,49-,50+,51-,52-,58-,59+,60+,61?,62-,63+,66+/m1/s1. The number of aliphatic hydroxyl groups is 1. The van der Waals surface area contributed by atoms with Gasteiger partial charge in [-0.05, 0) is 80.4 Å². The molecule has 6 N–H and O–H groups in total. The molecule has 0 aromatic heterocycles. The van der Waals surface area contributed by atoms with Gasteiger partial charge in [0, 0.05) is 89.8 Å². The number of amides is 7. The van der Waals surface area contributed by atoms with Crippen LogP contribution in [-0.4, -0.2) is 206 Å². The second-order valence-corrected chi connectivity index (χ2v) is 26.9. The largest absolute Gasteiger partial charge is 0.391 e. The maximum atomic E-state index is 14.5. The molecule has 12 bridgehead atoms. The number of aliphatic hydroxyl groups excluding tert-OH is 1. The normalized spacial score (nSPS) is 37.0. The second kappa shape index (κ2) is 29.2. The van der Waals surface area contributed by atoms with Crippen molar-refractivity contribution in [1.29, 1.82) is 0 Å². The fourth-order valence-electron chi connectivity index (χ4n) is 15.5. The number of imide groups is 1. The summed E-state index contributed by atoms with van der Waals surface area (Å²) >= 11 is 0. The Morgan fingerprint density at radius 1 is 0.678 bits per heavy atom. The predicted molar refractivity (Wildman–Crippen MR) is 320 cm³/mol. The van der Waals surface area contributed by atoms with Crippen molar-refractivity contribution >= 4 is 47.1 Å². The first-order valence-electron chi connectivity index (χ1n) is 32.9. The van der Waals surface area contributed by atoms with Crippen LogP contribution in [0.4, 0.5) is 0 Å². The van der Waals surface area contributed by atoms with Crippen LogP contribution >= 0.6 is 0 Å². The summed E-state index contributed by atoms with van der Waals surface area (Å²) < 4.78 is 60.8. The number of benzene rings is 1. The van der Waals surface area contributed by atoms with Gasteiger partial charge in [0.25, 0.3) is 0 Å². The molecule has 11 aliphatic rings. The van der Waals surface area contributed by atoms with Gasteiger partial charge in [0.15, 0.2) is 5.79 Å². The van der Waals surface area contributed by atoms with E-state index < -0.39 is 97.2 Å². The molecule has 0 saturated carbocycles. The Kier molecular flexibility index (Phi) is 21.4. The number of fused-ring (bicyclic) bond motifs is 6. The van der Waals surface area contributed by atoms with Crippen LogP contribution in [-0.2, 0) is 87.4 Å². The van der Waals surface area contributed by atoms with E-state index in [0.717, 1.165) is 43.3 Å². The number of Topliss-reactive ketones (excluding diaryl/α,β-unsaturated/α-hetero) is 1. The summed E-state index contributed by atoms with van der Waals surface area (Å²) in [6.45, 7) is 11.6. The average Bonchev–Trinajstić information content (AvgIpc) is 1.55. The number of ether oxygens (including phenoxy) is 9. The summed E-state index contributed by atoms with van der Waals surface area (Å²) in [5.74, 6) is -4.81. The number of hydrogen-bond donors (Lipinski definition) is 6. The lowest BCUT2D eigenvalue weighted by molar-refractivity contribution is -0.292. The fraction of sp³-hybridized carbons (Fsp3) is 0.727. The molecule has 1 aromatic rings. The Hall–Kier alpha value is -5.54. The quantitative estimate of drug-likeness (QED) is 0.0586. The van der Waals surface area contributed by atoms with Gasteiger partial charge in [-0.25, -0.2) is 0 Å². The third-order valence-electron chi connectivity index (χ3n) is 20.2. The highest BCUT2D eigenvalue weighted by molar-refractivity contribution is 6.03. The van der Waals surface area contributed by atoms with Crippen molar-refractivity contribution in [3.8, 4) is 0 Å². The zero-order valence-electron chi connectivity index (χ0n) is 52.2. The van der Waals surface area contributed by atoms with Gasteiger partial charge in [-0.2, -0.15) is 0 Å². The van der Waals surface area contributed by atoms with Crippen LogP contribution in [0.2, 0.25) is 0 Å². The first-order valence-corrected chi connectivity index (χ1v) is 32.9. The first-order chi connectivity index (χ1) is 43.3. The van der Waals surface area contributed by atoms with E-state index in [1.54, 1.807) is 44.4 Å². The molecule has 494 valence electrons. The number of carbonyl (C=O) groups is 8. The third kappa shape index (κ3) is 15.6. The van der Waals surface area contributed by atoms with Crippen LogP contribution in [0.15, 0.2) is 54.6 Å². The number of unbranched alkanes of at least 4 members (excludes halogenated alkanes) is 2. The van der Waals surface area contributed by atoms with Gasteiger partial charge >= 0.3 is 0 Å². The zero-order valence-corrected chi connectivity index (χ0v) is 52.2. The zero-order chi connectivity index (χ0) is 63.4. The smallest absolute Gasteiger partial charge is 0.243 e. The maximum absolute atomic E-state index is 14.5. The highest BCUT2D eigenvalue weighted by Gasteiger charge is 2.69. The van der Waals surface area contributed by atoms with Crippen LogP contribution in [0.25, 0.3) is 0 Å². The molecular formula is C66H92N6O18. The van der Waals surface area contributed by atoms with Gasteiger partial charge in [-0.3, -0.25) is 43.3 Å². The molecule has 24 nitrogen and oxygen atoms in total. The molecule has 11 fully saturated rings. The first kappa shape index (κ1) is 65.9. The number of likely N-dealkylation sites (tertiary alicyclic amines) is 1. The van der Waals surface area contributed by atoms with E-state index >= 15 is 0 Å². The number of hydrogen-bond acceptors (Lipinski definition) is 18. The average molecular weight is 1260 g/mol. The van der Waals surface area contributed by atoms with Crippen molar-refractivity contribution in [1.82, 2.24) is 31.5 Å². The van der Waals surface area contributed by atoms with Crippen LogP contribution < -0.4 is 26.6 Å². The van der Waals surface area contributed by atoms with E-state index in [2.05, 4.69) is 46.7 Å².